The SMILES string of the molecule is Cc1ccnc(SCC(=O)N(C)C2CCCCC2)n1. The van der Waals surface area contributed by atoms with Crippen molar-refractivity contribution in [2.75, 3.05) is 12.8 Å². The number of aryl methyl sites for hydroxylation is 1. The molecule has 0 radical (unpaired) electrons. The van der Waals surface area contributed by atoms with Gasteiger partial charge in [0.05, 0.1) is 5.75 Å². The van der Waals surface area contributed by atoms with Crippen molar-refractivity contribution in [3.8, 4) is 0 Å². The standard InChI is InChI=1S/C14H21N3OS/c1-11-8-9-15-14(16-11)19-10-13(18)17(2)12-6-4-3-5-7-12/h8-9,12H,3-7,10H2,1-2H3. The van der Waals surface area contributed by atoms with E-state index in [1.54, 1.807) is 6.20 Å². The summed E-state index contributed by atoms with van der Waals surface area (Å²) in [6, 6.07) is 2.29. The van der Waals surface area contributed by atoms with E-state index in [0.717, 1.165) is 18.5 Å². The summed E-state index contributed by atoms with van der Waals surface area (Å²) in [5, 5.41) is 0.686. The lowest BCUT2D eigenvalue weighted by atomic mass is 9.94. The van der Waals surface area contributed by atoms with Gasteiger partial charge in [-0.2, -0.15) is 0 Å². The van der Waals surface area contributed by atoms with Crippen molar-refractivity contribution in [1.29, 1.82) is 0 Å². The predicted octanol–water partition coefficient (Wildman–Crippen LogP) is 2.67. The molecule has 1 aromatic heterocycles. The molecule has 0 aliphatic heterocycles. The summed E-state index contributed by atoms with van der Waals surface area (Å²) in [4.78, 5) is 22.5. The number of amides is 1. The molecule has 2 rings (SSSR count). The fourth-order valence-electron chi connectivity index (χ4n) is 2.40. The summed E-state index contributed by atoms with van der Waals surface area (Å²) in [6.45, 7) is 1.93. The second kappa shape index (κ2) is 6.89. The smallest absolute Gasteiger partial charge is 0.233 e. The third-order valence-electron chi connectivity index (χ3n) is 3.61. The number of carbonyl (C=O) groups excluding carboxylic acids is 1. The molecule has 1 amide bonds. The Hall–Kier alpha value is -1.10. The minimum atomic E-state index is 0.182. The van der Waals surface area contributed by atoms with Crippen LogP contribution in [0, 0.1) is 6.92 Å². The highest BCUT2D eigenvalue weighted by Gasteiger charge is 2.22. The first-order valence-electron chi connectivity index (χ1n) is 6.85. The quantitative estimate of drug-likeness (QED) is 0.628. The molecule has 1 aromatic rings. The Bertz CT molecular complexity index is 432. The summed E-state index contributed by atoms with van der Waals surface area (Å²) in [5.74, 6) is 0.609. The molecule has 1 saturated carbocycles. The Morgan fingerprint density at radius 2 is 2.16 bits per heavy atom. The van der Waals surface area contributed by atoms with Crippen molar-refractivity contribution in [2.45, 2.75) is 50.2 Å². The molecule has 1 aliphatic rings. The van der Waals surface area contributed by atoms with Crippen molar-refractivity contribution in [2.24, 2.45) is 0 Å². The first-order valence-corrected chi connectivity index (χ1v) is 7.83. The van der Waals surface area contributed by atoms with Crippen molar-refractivity contribution >= 4 is 17.7 Å². The van der Waals surface area contributed by atoms with E-state index in [2.05, 4.69) is 9.97 Å². The van der Waals surface area contributed by atoms with Crippen LogP contribution in [-0.4, -0.2) is 39.6 Å². The second-order valence-electron chi connectivity index (χ2n) is 5.07. The first kappa shape index (κ1) is 14.3. The molecule has 0 bridgehead atoms. The molecule has 5 heteroatoms. The van der Waals surface area contributed by atoms with Crippen LogP contribution in [0.5, 0.6) is 0 Å². The number of carbonyl (C=O) groups is 1. The highest BCUT2D eigenvalue weighted by atomic mass is 32.2. The van der Waals surface area contributed by atoms with E-state index in [-0.39, 0.29) is 5.91 Å². The van der Waals surface area contributed by atoms with Gasteiger partial charge in [0.1, 0.15) is 0 Å². The van der Waals surface area contributed by atoms with Gasteiger partial charge in [0, 0.05) is 25.0 Å². The van der Waals surface area contributed by atoms with Crippen LogP contribution in [0.25, 0.3) is 0 Å². The average molecular weight is 279 g/mol. The second-order valence-corrected chi connectivity index (χ2v) is 6.01. The van der Waals surface area contributed by atoms with Crippen LogP contribution in [0.4, 0.5) is 0 Å². The number of thioether (sulfide) groups is 1. The summed E-state index contributed by atoms with van der Waals surface area (Å²) >= 11 is 1.42. The maximum Gasteiger partial charge on any atom is 0.233 e. The largest absolute Gasteiger partial charge is 0.342 e. The molecule has 0 spiro atoms. The lowest BCUT2D eigenvalue weighted by Crippen LogP contribution is -2.39. The molecular weight excluding hydrogens is 258 g/mol. The number of hydrogen-bond donors (Lipinski definition) is 0. The first-order chi connectivity index (χ1) is 9.16. The van der Waals surface area contributed by atoms with Gasteiger partial charge in [-0.3, -0.25) is 4.79 Å². The van der Waals surface area contributed by atoms with E-state index >= 15 is 0 Å². The zero-order chi connectivity index (χ0) is 13.7. The van der Waals surface area contributed by atoms with Crippen molar-refractivity contribution in [1.82, 2.24) is 14.9 Å². The lowest BCUT2D eigenvalue weighted by Gasteiger charge is -2.31. The van der Waals surface area contributed by atoms with Crippen molar-refractivity contribution in [3.63, 3.8) is 0 Å². The molecule has 1 heterocycles. The Labute approximate surface area is 119 Å². The van der Waals surface area contributed by atoms with Gasteiger partial charge in [0.2, 0.25) is 5.91 Å². The number of rotatable bonds is 4. The molecule has 19 heavy (non-hydrogen) atoms. The van der Waals surface area contributed by atoms with Gasteiger partial charge in [-0.25, -0.2) is 9.97 Å². The summed E-state index contributed by atoms with van der Waals surface area (Å²) < 4.78 is 0. The van der Waals surface area contributed by atoms with Crippen LogP contribution >= 0.6 is 11.8 Å². The zero-order valence-electron chi connectivity index (χ0n) is 11.6. The number of hydrogen-bond acceptors (Lipinski definition) is 4. The molecule has 0 atom stereocenters. The van der Waals surface area contributed by atoms with E-state index in [0.29, 0.717) is 17.0 Å². The lowest BCUT2D eigenvalue weighted by molar-refractivity contribution is -0.129. The molecule has 4 nitrogen and oxygen atoms in total. The third kappa shape index (κ3) is 4.20. The monoisotopic (exact) mass is 279 g/mol. The molecule has 0 unspecified atom stereocenters. The fourth-order valence-corrected chi connectivity index (χ4v) is 3.20. The van der Waals surface area contributed by atoms with E-state index < -0.39 is 0 Å². The minimum Gasteiger partial charge on any atom is -0.342 e. The van der Waals surface area contributed by atoms with Crippen LogP contribution in [0.3, 0.4) is 0 Å². The zero-order valence-corrected chi connectivity index (χ0v) is 12.4. The van der Waals surface area contributed by atoms with E-state index in [1.165, 1.54) is 31.0 Å². The third-order valence-corrected chi connectivity index (χ3v) is 4.46. The van der Waals surface area contributed by atoms with Crippen molar-refractivity contribution in [3.05, 3.63) is 18.0 Å². The van der Waals surface area contributed by atoms with E-state index in [1.807, 2.05) is 24.9 Å². The Kier molecular flexibility index (Phi) is 5.19. The normalized spacial score (nSPS) is 16.3. The molecular formula is C14H21N3OS. The topological polar surface area (TPSA) is 46.1 Å². The van der Waals surface area contributed by atoms with Crippen LogP contribution < -0.4 is 0 Å². The van der Waals surface area contributed by atoms with Gasteiger partial charge >= 0.3 is 0 Å². The van der Waals surface area contributed by atoms with Crippen LogP contribution in [-0.2, 0) is 4.79 Å². The van der Waals surface area contributed by atoms with Gasteiger partial charge in [0.15, 0.2) is 5.16 Å². The van der Waals surface area contributed by atoms with Gasteiger partial charge in [0.25, 0.3) is 0 Å². The Morgan fingerprint density at radius 1 is 1.42 bits per heavy atom. The molecule has 0 aromatic carbocycles. The van der Waals surface area contributed by atoms with Crippen molar-refractivity contribution < 1.29 is 4.79 Å². The Morgan fingerprint density at radius 3 is 2.84 bits per heavy atom. The molecule has 0 N–H and O–H groups in total. The van der Waals surface area contributed by atoms with Gasteiger partial charge in [-0.05, 0) is 25.8 Å². The predicted molar refractivity (Wildman–Crippen MR) is 77.1 cm³/mol. The van der Waals surface area contributed by atoms with Crippen LogP contribution in [0.2, 0.25) is 0 Å². The van der Waals surface area contributed by atoms with Gasteiger partial charge in [-0.1, -0.05) is 31.0 Å². The average Bonchev–Trinajstić information content (AvgIpc) is 2.45. The van der Waals surface area contributed by atoms with E-state index in [9.17, 15) is 4.79 Å². The maximum atomic E-state index is 12.2. The summed E-state index contributed by atoms with van der Waals surface area (Å²) in [5.41, 5.74) is 0.936. The van der Waals surface area contributed by atoms with Crippen LogP contribution in [0.15, 0.2) is 17.4 Å². The fraction of sp³-hybridized carbons (Fsp3) is 0.643. The van der Waals surface area contributed by atoms with Gasteiger partial charge < -0.3 is 4.90 Å². The number of aromatic nitrogens is 2. The summed E-state index contributed by atoms with van der Waals surface area (Å²) in [6.07, 6.45) is 7.83. The molecule has 104 valence electrons. The Balaban J connectivity index is 1.83. The number of nitrogens with zero attached hydrogens (tertiary/aromatic N) is 3. The van der Waals surface area contributed by atoms with E-state index in [4.69, 9.17) is 0 Å². The molecule has 0 saturated heterocycles. The summed E-state index contributed by atoms with van der Waals surface area (Å²) in [7, 11) is 1.93. The van der Waals surface area contributed by atoms with Crippen LogP contribution in [0.1, 0.15) is 37.8 Å². The molecule has 1 aliphatic carbocycles. The highest BCUT2D eigenvalue weighted by Crippen LogP contribution is 2.22. The highest BCUT2D eigenvalue weighted by molar-refractivity contribution is 7.99. The molecule has 1 fully saturated rings. The minimum absolute atomic E-state index is 0.182. The van der Waals surface area contributed by atoms with Gasteiger partial charge in [-0.15, -0.1) is 0 Å². The maximum absolute atomic E-state index is 12.2.